The second kappa shape index (κ2) is 8.29. The van der Waals surface area contributed by atoms with E-state index in [0.717, 1.165) is 11.1 Å². The van der Waals surface area contributed by atoms with Crippen LogP contribution in [-0.2, 0) is 22.3 Å². The molecule has 0 aliphatic carbocycles. The molecule has 0 bridgehead atoms. The number of hydrogen-bond acceptors (Lipinski definition) is 6. The molecule has 2 aliphatic heterocycles. The van der Waals surface area contributed by atoms with Gasteiger partial charge in [-0.25, -0.2) is 9.59 Å². The summed E-state index contributed by atoms with van der Waals surface area (Å²) in [5.41, 5.74) is -3.82. The van der Waals surface area contributed by atoms with Gasteiger partial charge in [0.2, 0.25) is 0 Å². The zero-order valence-electron chi connectivity index (χ0n) is 20.0. The molecule has 2 saturated heterocycles. The first-order chi connectivity index (χ1) is 15.9. The molecule has 4 atom stereocenters. The Morgan fingerprint density at radius 2 is 0.971 bits per heavy atom. The number of cyclic esters (lactones) is 2. The van der Waals surface area contributed by atoms with Crippen LogP contribution >= 0.6 is 0 Å². The Hall–Kier alpha value is -3.10. The second-order valence-corrected chi connectivity index (χ2v) is 9.87. The number of ether oxygens (including phenoxy) is 2. The molecule has 2 aromatic carbocycles. The molecule has 2 N–H and O–H groups in total. The first-order valence-electron chi connectivity index (χ1n) is 11.4. The van der Waals surface area contributed by atoms with Gasteiger partial charge in [-0.05, 0) is 38.8 Å². The van der Waals surface area contributed by atoms with E-state index in [-0.39, 0.29) is 13.1 Å². The molecule has 4 rings (SSSR count). The zero-order chi connectivity index (χ0) is 24.8. The smallest absolute Gasteiger partial charge is 0.412 e. The Labute approximate surface area is 199 Å². The maximum atomic E-state index is 12.8. The third-order valence-electron chi connectivity index (χ3n) is 7.44. The van der Waals surface area contributed by atoms with Gasteiger partial charge in [0.25, 0.3) is 0 Å². The van der Waals surface area contributed by atoms with Crippen molar-refractivity contribution in [3.63, 3.8) is 0 Å². The van der Waals surface area contributed by atoms with Crippen molar-refractivity contribution in [3.05, 3.63) is 71.8 Å². The van der Waals surface area contributed by atoms with Gasteiger partial charge in [0.1, 0.15) is 0 Å². The van der Waals surface area contributed by atoms with E-state index >= 15 is 0 Å². The molecule has 0 saturated carbocycles. The fourth-order valence-electron chi connectivity index (χ4n) is 4.81. The minimum Gasteiger partial charge on any atom is -0.438 e. The highest BCUT2D eigenvalue weighted by atomic mass is 16.6. The number of carbonyl (C=O) groups is 2. The molecule has 2 amide bonds. The molecular weight excluding hydrogens is 436 g/mol. The van der Waals surface area contributed by atoms with E-state index in [1.807, 2.05) is 60.7 Å². The van der Waals surface area contributed by atoms with Gasteiger partial charge in [-0.15, -0.1) is 0 Å². The molecular formula is C26H32N2O6. The molecule has 2 aromatic rings. The summed E-state index contributed by atoms with van der Waals surface area (Å²) in [6.45, 7) is 6.36. The lowest BCUT2D eigenvalue weighted by Gasteiger charge is -2.40. The van der Waals surface area contributed by atoms with Gasteiger partial charge in [0, 0.05) is 25.9 Å². The molecule has 2 aliphatic rings. The summed E-state index contributed by atoms with van der Waals surface area (Å²) < 4.78 is 11.3. The normalized spacial score (nSPS) is 33.2. The van der Waals surface area contributed by atoms with Crippen LogP contribution in [0.1, 0.15) is 38.8 Å². The largest absolute Gasteiger partial charge is 0.438 e. The van der Waals surface area contributed by atoms with Gasteiger partial charge >= 0.3 is 12.2 Å². The third-order valence-corrected chi connectivity index (χ3v) is 7.44. The summed E-state index contributed by atoms with van der Waals surface area (Å²) in [5.74, 6) is 0. The lowest BCUT2D eigenvalue weighted by Crippen LogP contribution is -2.60. The van der Waals surface area contributed by atoms with Crippen molar-refractivity contribution in [3.8, 4) is 0 Å². The minimum absolute atomic E-state index is 0.0388. The number of rotatable bonds is 7. The van der Waals surface area contributed by atoms with Crippen LogP contribution in [0, 0.1) is 0 Å². The predicted molar refractivity (Wildman–Crippen MR) is 125 cm³/mol. The maximum Gasteiger partial charge on any atom is 0.412 e. The Kier molecular flexibility index (Phi) is 5.86. The molecule has 182 valence electrons. The van der Waals surface area contributed by atoms with E-state index in [9.17, 15) is 19.8 Å². The number of hydrogen-bond donors (Lipinski definition) is 2. The molecule has 0 radical (unpaired) electrons. The first-order valence-corrected chi connectivity index (χ1v) is 11.4. The molecule has 8 nitrogen and oxygen atoms in total. The molecule has 0 aromatic heterocycles. The van der Waals surface area contributed by atoms with Crippen LogP contribution in [0.25, 0.3) is 0 Å². The van der Waals surface area contributed by atoms with Crippen LogP contribution in [0.3, 0.4) is 0 Å². The fraction of sp³-hybridized carbons (Fsp3) is 0.462. The van der Waals surface area contributed by atoms with Crippen LogP contribution in [-0.4, -0.2) is 67.9 Å². The monoisotopic (exact) mass is 468 g/mol. The maximum absolute atomic E-state index is 12.8. The average Bonchev–Trinajstić information content (AvgIpc) is 3.03. The predicted octanol–water partition coefficient (Wildman–Crippen LogP) is 3.31. The summed E-state index contributed by atoms with van der Waals surface area (Å²) in [5, 5.41) is 22.7. The second-order valence-electron chi connectivity index (χ2n) is 9.87. The van der Waals surface area contributed by atoms with Gasteiger partial charge < -0.3 is 19.7 Å². The Balaban J connectivity index is 1.49. The van der Waals surface area contributed by atoms with E-state index < -0.39 is 34.8 Å². The van der Waals surface area contributed by atoms with E-state index in [0.29, 0.717) is 12.8 Å². The first kappa shape index (κ1) is 24.0. The van der Waals surface area contributed by atoms with Gasteiger partial charge in [-0.1, -0.05) is 60.7 Å². The van der Waals surface area contributed by atoms with Gasteiger partial charge in [-0.3, -0.25) is 9.80 Å². The molecule has 34 heavy (non-hydrogen) atoms. The summed E-state index contributed by atoms with van der Waals surface area (Å²) in [7, 11) is 0. The van der Waals surface area contributed by atoms with Crippen molar-refractivity contribution >= 4 is 12.2 Å². The SMILES string of the molecule is C[C@]1(Cc2ccccc2)OC(=O)N(CCN2C(=O)O[C@@](C)(Cc3ccccc3)[C@@]2(C)O)[C@]1(C)O. The number of benzene rings is 2. The highest BCUT2D eigenvalue weighted by molar-refractivity contribution is 5.74. The summed E-state index contributed by atoms with van der Waals surface area (Å²) in [4.78, 5) is 27.9. The average molecular weight is 469 g/mol. The molecule has 2 fully saturated rings. The van der Waals surface area contributed by atoms with Gasteiger partial charge in [0.15, 0.2) is 22.7 Å². The lowest BCUT2D eigenvalue weighted by atomic mass is 9.86. The van der Waals surface area contributed by atoms with Crippen molar-refractivity contribution in [2.24, 2.45) is 0 Å². The van der Waals surface area contributed by atoms with Crippen LogP contribution in [0.2, 0.25) is 0 Å². The third kappa shape index (κ3) is 3.91. The Bertz CT molecular complexity index is 972. The van der Waals surface area contributed by atoms with Crippen molar-refractivity contribution in [1.29, 1.82) is 0 Å². The minimum atomic E-state index is -1.64. The highest BCUT2D eigenvalue weighted by Gasteiger charge is 2.61. The molecule has 0 spiro atoms. The van der Waals surface area contributed by atoms with Crippen LogP contribution in [0.4, 0.5) is 9.59 Å². The number of aliphatic hydroxyl groups is 2. The summed E-state index contributed by atoms with van der Waals surface area (Å²) in [6.07, 6.45) is -0.714. The van der Waals surface area contributed by atoms with E-state index in [4.69, 9.17) is 9.47 Å². The summed E-state index contributed by atoms with van der Waals surface area (Å²) in [6, 6.07) is 18.9. The highest BCUT2D eigenvalue weighted by Crippen LogP contribution is 2.42. The number of amides is 2. The zero-order valence-corrected chi connectivity index (χ0v) is 20.0. The van der Waals surface area contributed by atoms with Crippen molar-refractivity contribution < 1.29 is 29.3 Å². The van der Waals surface area contributed by atoms with Crippen LogP contribution < -0.4 is 0 Å². The van der Waals surface area contributed by atoms with E-state index in [2.05, 4.69) is 0 Å². The van der Waals surface area contributed by atoms with E-state index in [1.165, 1.54) is 23.6 Å². The van der Waals surface area contributed by atoms with Crippen LogP contribution in [0.5, 0.6) is 0 Å². The van der Waals surface area contributed by atoms with Crippen molar-refractivity contribution in [2.75, 3.05) is 13.1 Å². The van der Waals surface area contributed by atoms with Gasteiger partial charge in [0.05, 0.1) is 0 Å². The molecule has 0 unspecified atom stereocenters. The number of carbonyl (C=O) groups excluding carboxylic acids is 2. The van der Waals surface area contributed by atoms with Crippen LogP contribution in [0.15, 0.2) is 60.7 Å². The standard InChI is InChI=1S/C26H32N2O6/c1-23(17-19-11-7-5-8-12-19)25(3,31)27(21(29)33-23)15-16-28-22(30)34-24(2,26(28,4)32)18-20-13-9-6-10-14-20/h5-14,31-32H,15-18H2,1-4H3/t23-,24+,25-,26-/m1/s1. The van der Waals surface area contributed by atoms with E-state index in [1.54, 1.807) is 13.8 Å². The lowest BCUT2D eigenvalue weighted by molar-refractivity contribution is -0.148. The quantitative estimate of drug-likeness (QED) is 0.647. The van der Waals surface area contributed by atoms with Crippen molar-refractivity contribution in [2.45, 2.75) is 63.2 Å². The molecule has 2 heterocycles. The number of nitrogens with zero attached hydrogens (tertiary/aromatic N) is 2. The Morgan fingerprint density at radius 1 is 0.647 bits per heavy atom. The Morgan fingerprint density at radius 3 is 1.29 bits per heavy atom. The topological polar surface area (TPSA) is 99.5 Å². The van der Waals surface area contributed by atoms with Gasteiger partial charge in [-0.2, -0.15) is 0 Å². The fourth-order valence-corrected chi connectivity index (χ4v) is 4.81. The molecule has 8 heteroatoms. The van der Waals surface area contributed by atoms with Crippen molar-refractivity contribution in [1.82, 2.24) is 9.80 Å². The summed E-state index contributed by atoms with van der Waals surface area (Å²) >= 11 is 0.